The number of ether oxygens (including phenoxy) is 1. The number of benzene rings is 3. The average molecular weight is 497 g/mol. The highest BCUT2D eigenvalue weighted by Crippen LogP contribution is 2.28. The lowest BCUT2D eigenvalue weighted by atomic mass is 10.0. The zero-order valence-corrected chi connectivity index (χ0v) is 20.6. The number of amides is 1. The summed E-state index contributed by atoms with van der Waals surface area (Å²) in [5.74, 6) is 0.257. The number of carbonyl (C=O) groups excluding carboxylic acids is 1. The molecule has 0 fully saturated rings. The van der Waals surface area contributed by atoms with Gasteiger partial charge in [0, 0.05) is 36.3 Å². The van der Waals surface area contributed by atoms with Crippen LogP contribution in [0.2, 0.25) is 0 Å². The molecule has 0 saturated carbocycles. The molecule has 6 nitrogen and oxygen atoms in total. The molecule has 0 bridgehead atoms. The van der Waals surface area contributed by atoms with Gasteiger partial charge >= 0.3 is 0 Å². The maximum Gasteiger partial charge on any atom is 0.251 e. The zero-order chi connectivity index (χ0) is 25.0. The van der Waals surface area contributed by atoms with E-state index < -0.39 is 10.0 Å². The third-order valence-electron chi connectivity index (χ3n) is 5.87. The second-order valence-corrected chi connectivity index (χ2v) is 11.0. The van der Waals surface area contributed by atoms with Crippen LogP contribution in [0.15, 0.2) is 71.6 Å². The van der Waals surface area contributed by atoms with Crippen LogP contribution >= 0.6 is 0 Å². The molecule has 3 aromatic rings. The summed E-state index contributed by atoms with van der Waals surface area (Å²) in [4.78, 5) is 12.9. The van der Waals surface area contributed by atoms with Crippen molar-refractivity contribution in [3.05, 3.63) is 94.8 Å². The van der Waals surface area contributed by atoms with Gasteiger partial charge in [0.2, 0.25) is 10.0 Å². The van der Waals surface area contributed by atoms with Crippen LogP contribution in [0.1, 0.15) is 40.9 Å². The summed E-state index contributed by atoms with van der Waals surface area (Å²) in [6.07, 6.45) is 0.882. The monoisotopic (exact) mass is 496 g/mol. The molecule has 4 rings (SSSR count). The van der Waals surface area contributed by atoms with Crippen molar-refractivity contribution in [2.24, 2.45) is 5.92 Å². The average Bonchev–Trinajstić information content (AvgIpc) is 3.06. The molecule has 1 amide bonds. The van der Waals surface area contributed by atoms with E-state index in [1.165, 1.54) is 10.4 Å². The minimum atomic E-state index is -3.75. The summed E-state index contributed by atoms with van der Waals surface area (Å²) in [6, 6.07) is 18.2. The van der Waals surface area contributed by atoms with E-state index in [1.54, 1.807) is 48.5 Å². The smallest absolute Gasteiger partial charge is 0.251 e. The van der Waals surface area contributed by atoms with Crippen LogP contribution in [0.4, 0.5) is 4.39 Å². The predicted octanol–water partition coefficient (Wildman–Crippen LogP) is 4.54. The summed E-state index contributed by atoms with van der Waals surface area (Å²) < 4.78 is 47.7. The van der Waals surface area contributed by atoms with Crippen LogP contribution in [0.3, 0.4) is 0 Å². The van der Waals surface area contributed by atoms with Crippen LogP contribution in [0.25, 0.3) is 0 Å². The lowest BCUT2D eigenvalue weighted by Crippen LogP contribution is -2.32. The van der Waals surface area contributed by atoms with E-state index in [0.717, 1.165) is 12.0 Å². The fraction of sp³-hybridized carbons (Fsp3) is 0.296. The highest BCUT2D eigenvalue weighted by atomic mass is 32.2. The van der Waals surface area contributed by atoms with Crippen LogP contribution in [-0.4, -0.2) is 31.8 Å². The first-order valence-corrected chi connectivity index (χ1v) is 13.0. The Hall–Kier alpha value is -3.23. The van der Waals surface area contributed by atoms with Crippen LogP contribution in [0, 0.1) is 11.7 Å². The molecule has 8 heteroatoms. The number of nitrogens with one attached hydrogen (secondary N) is 1. The first-order chi connectivity index (χ1) is 16.7. The molecule has 1 N–H and O–H groups in total. The third-order valence-corrected chi connectivity index (χ3v) is 7.73. The number of nitrogens with zero attached hydrogens (tertiary/aromatic N) is 1. The van der Waals surface area contributed by atoms with E-state index in [2.05, 4.69) is 19.2 Å². The van der Waals surface area contributed by atoms with Gasteiger partial charge in [0.1, 0.15) is 18.2 Å². The molecule has 1 heterocycles. The molecular formula is C27H29FN2O4S. The van der Waals surface area contributed by atoms with Gasteiger partial charge in [-0.25, -0.2) is 12.8 Å². The van der Waals surface area contributed by atoms with Crippen LogP contribution < -0.4 is 10.1 Å². The molecule has 0 spiro atoms. The molecule has 0 aromatic heterocycles. The topological polar surface area (TPSA) is 75.7 Å². The van der Waals surface area contributed by atoms with Crippen molar-refractivity contribution >= 4 is 15.9 Å². The lowest BCUT2D eigenvalue weighted by Gasteiger charge is -2.20. The van der Waals surface area contributed by atoms with Crippen molar-refractivity contribution in [1.29, 1.82) is 0 Å². The van der Waals surface area contributed by atoms with E-state index in [-0.39, 0.29) is 42.9 Å². The Kier molecular flexibility index (Phi) is 7.52. The first-order valence-electron chi connectivity index (χ1n) is 11.6. The fourth-order valence-electron chi connectivity index (χ4n) is 4.05. The molecule has 184 valence electrons. The number of sulfonamides is 1. The lowest BCUT2D eigenvalue weighted by molar-refractivity contribution is 0.0950. The predicted molar refractivity (Wildman–Crippen MR) is 132 cm³/mol. The number of halogens is 1. The minimum absolute atomic E-state index is 0.0480. The third kappa shape index (κ3) is 5.89. The van der Waals surface area contributed by atoms with Crippen molar-refractivity contribution in [3.8, 4) is 5.75 Å². The molecule has 3 aromatic carbocycles. The van der Waals surface area contributed by atoms with E-state index in [4.69, 9.17) is 4.74 Å². The van der Waals surface area contributed by atoms with E-state index >= 15 is 0 Å². The van der Waals surface area contributed by atoms with Crippen molar-refractivity contribution in [2.45, 2.75) is 38.3 Å². The largest absolute Gasteiger partial charge is 0.492 e. The summed E-state index contributed by atoms with van der Waals surface area (Å²) in [6.45, 7) is 4.77. The Morgan fingerprint density at radius 3 is 2.54 bits per heavy atom. The molecule has 1 aliphatic heterocycles. The molecule has 0 radical (unpaired) electrons. The maximum atomic E-state index is 13.9. The fourth-order valence-corrected chi connectivity index (χ4v) is 5.46. The second kappa shape index (κ2) is 10.6. The van der Waals surface area contributed by atoms with Gasteiger partial charge in [-0.15, -0.1) is 0 Å². The molecule has 0 unspecified atom stereocenters. The van der Waals surface area contributed by atoms with Gasteiger partial charge in [-0.1, -0.05) is 44.2 Å². The SMILES string of the molecule is CC(C)Cc1ccc(S(=O)(=O)N2CCOc3ccc(C(=O)NCc4ccccc4F)cc3C2)cc1. The Balaban J connectivity index is 1.51. The molecule has 0 saturated heterocycles. The Morgan fingerprint density at radius 2 is 1.83 bits per heavy atom. The zero-order valence-electron chi connectivity index (χ0n) is 19.8. The van der Waals surface area contributed by atoms with Crippen LogP contribution in [-0.2, 0) is 29.5 Å². The Bertz CT molecular complexity index is 1310. The van der Waals surface area contributed by atoms with Crippen molar-refractivity contribution in [2.75, 3.05) is 13.2 Å². The van der Waals surface area contributed by atoms with Gasteiger partial charge in [-0.05, 0) is 54.3 Å². The number of fused-ring (bicyclic) bond motifs is 1. The van der Waals surface area contributed by atoms with E-state index in [1.807, 2.05) is 12.1 Å². The highest BCUT2D eigenvalue weighted by molar-refractivity contribution is 7.89. The van der Waals surface area contributed by atoms with Gasteiger partial charge in [-0.2, -0.15) is 4.31 Å². The summed E-state index contributed by atoms with van der Waals surface area (Å²) in [7, 11) is -3.75. The molecule has 0 atom stereocenters. The summed E-state index contributed by atoms with van der Waals surface area (Å²) >= 11 is 0. The number of carbonyl (C=O) groups is 1. The quantitative estimate of drug-likeness (QED) is 0.521. The van der Waals surface area contributed by atoms with E-state index in [0.29, 0.717) is 28.4 Å². The Labute approximate surface area is 205 Å². The molecule has 0 aliphatic carbocycles. The highest BCUT2D eigenvalue weighted by Gasteiger charge is 2.28. The maximum absolute atomic E-state index is 13.9. The van der Waals surface area contributed by atoms with Gasteiger partial charge < -0.3 is 10.1 Å². The first kappa shape index (κ1) is 24.9. The minimum Gasteiger partial charge on any atom is -0.492 e. The number of rotatable bonds is 7. The van der Waals surface area contributed by atoms with Gasteiger partial charge in [0.15, 0.2) is 0 Å². The number of hydrogen-bond donors (Lipinski definition) is 1. The van der Waals surface area contributed by atoms with Gasteiger partial charge in [0.25, 0.3) is 5.91 Å². The standard InChI is InChI=1S/C27H29FN2O4S/c1-19(2)15-20-7-10-24(11-8-20)35(32,33)30-13-14-34-26-12-9-21(16-23(26)18-30)27(31)29-17-22-5-3-4-6-25(22)28/h3-12,16,19H,13-15,17-18H2,1-2H3,(H,29,31). The van der Waals surface area contributed by atoms with Crippen molar-refractivity contribution in [3.63, 3.8) is 0 Å². The molecule has 35 heavy (non-hydrogen) atoms. The van der Waals surface area contributed by atoms with E-state index in [9.17, 15) is 17.6 Å². The van der Waals surface area contributed by atoms with Crippen LogP contribution in [0.5, 0.6) is 5.75 Å². The second-order valence-electron chi connectivity index (χ2n) is 9.03. The van der Waals surface area contributed by atoms with Gasteiger partial charge in [-0.3, -0.25) is 4.79 Å². The van der Waals surface area contributed by atoms with Gasteiger partial charge in [0.05, 0.1) is 4.90 Å². The molecular weight excluding hydrogens is 467 g/mol. The normalized spacial score (nSPS) is 14.2. The summed E-state index contributed by atoms with van der Waals surface area (Å²) in [5.41, 5.74) is 2.42. The summed E-state index contributed by atoms with van der Waals surface area (Å²) in [5, 5.41) is 2.71. The molecule has 1 aliphatic rings. The van der Waals surface area contributed by atoms with Crippen molar-refractivity contribution < 1.29 is 22.3 Å². The Morgan fingerprint density at radius 1 is 1.09 bits per heavy atom. The number of hydrogen-bond acceptors (Lipinski definition) is 4. The van der Waals surface area contributed by atoms with Crippen molar-refractivity contribution in [1.82, 2.24) is 9.62 Å².